The molecule has 1 atom stereocenters. The second kappa shape index (κ2) is 6.72. The van der Waals surface area contributed by atoms with Gasteiger partial charge < -0.3 is 4.57 Å². The number of imidazole rings is 1. The van der Waals surface area contributed by atoms with E-state index in [0.717, 1.165) is 26.1 Å². The molecule has 4 nitrogen and oxygen atoms in total. The lowest BCUT2D eigenvalue weighted by Crippen LogP contribution is -2.23. The van der Waals surface area contributed by atoms with Crippen LogP contribution in [0.1, 0.15) is 17.8 Å². The third-order valence-electron chi connectivity index (χ3n) is 4.82. The van der Waals surface area contributed by atoms with Crippen molar-refractivity contribution in [3.63, 3.8) is 0 Å². The van der Waals surface area contributed by atoms with Crippen LogP contribution in [0.5, 0.6) is 0 Å². The van der Waals surface area contributed by atoms with Crippen molar-refractivity contribution in [3.05, 3.63) is 60.0 Å². The van der Waals surface area contributed by atoms with Gasteiger partial charge in [0.05, 0.1) is 0 Å². The summed E-state index contributed by atoms with van der Waals surface area (Å²) in [7, 11) is 0. The highest BCUT2D eigenvalue weighted by Crippen LogP contribution is 2.32. The van der Waals surface area contributed by atoms with Crippen LogP contribution in [0.3, 0.4) is 0 Å². The van der Waals surface area contributed by atoms with Gasteiger partial charge in [-0.05, 0) is 36.6 Å². The van der Waals surface area contributed by atoms with E-state index in [4.69, 9.17) is 0 Å². The van der Waals surface area contributed by atoms with Gasteiger partial charge in [0.25, 0.3) is 0 Å². The van der Waals surface area contributed by atoms with Crippen LogP contribution < -0.4 is 0 Å². The largest absolute Gasteiger partial charge is 0.449 e. The zero-order valence-electron chi connectivity index (χ0n) is 14.2. The first-order valence-corrected chi connectivity index (χ1v) is 8.65. The number of aromatic nitrogens is 3. The molecule has 1 aromatic carbocycles. The summed E-state index contributed by atoms with van der Waals surface area (Å²) in [6, 6.07) is 13.3. The highest BCUT2D eigenvalue weighted by molar-refractivity contribution is 5.71. The second-order valence-corrected chi connectivity index (χ2v) is 6.77. The monoisotopic (exact) mass is 360 g/mol. The van der Waals surface area contributed by atoms with E-state index >= 15 is 0 Å². The van der Waals surface area contributed by atoms with Crippen LogP contribution in [0, 0.1) is 5.92 Å². The Bertz CT molecular complexity index is 889. The van der Waals surface area contributed by atoms with Crippen LogP contribution in [-0.2, 0) is 19.3 Å². The Hall–Kier alpha value is -2.41. The molecule has 3 heterocycles. The second-order valence-electron chi connectivity index (χ2n) is 6.77. The highest BCUT2D eigenvalue weighted by Gasteiger charge is 2.38. The summed E-state index contributed by atoms with van der Waals surface area (Å²) >= 11 is 0. The number of halogens is 3. The van der Waals surface area contributed by atoms with Crippen molar-refractivity contribution in [2.24, 2.45) is 5.92 Å². The smallest absolute Gasteiger partial charge is 0.305 e. The average molecular weight is 360 g/mol. The van der Waals surface area contributed by atoms with E-state index in [1.165, 1.54) is 16.3 Å². The van der Waals surface area contributed by atoms with Crippen LogP contribution in [0.15, 0.2) is 48.7 Å². The SMILES string of the molecule is FC(F)(F)c1nc2cccnc2n1C[C@@H]1CCN(Cc2ccccc2)C1. The van der Waals surface area contributed by atoms with Crippen LogP contribution in [0.4, 0.5) is 13.2 Å². The molecule has 2 aromatic heterocycles. The van der Waals surface area contributed by atoms with E-state index in [9.17, 15) is 13.2 Å². The van der Waals surface area contributed by atoms with Crippen LogP contribution in [0.2, 0.25) is 0 Å². The van der Waals surface area contributed by atoms with Gasteiger partial charge in [0.1, 0.15) is 5.52 Å². The number of fused-ring (bicyclic) bond motifs is 1. The predicted octanol–water partition coefficient (Wildman–Crippen LogP) is 3.97. The van der Waals surface area contributed by atoms with E-state index in [1.54, 1.807) is 12.1 Å². The van der Waals surface area contributed by atoms with E-state index in [1.807, 2.05) is 18.2 Å². The first-order chi connectivity index (χ1) is 12.5. The van der Waals surface area contributed by atoms with E-state index in [0.29, 0.717) is 11.2 Å². The minimum atomic E-state index is -4.48. The number of benzene rings is 1. The van der Waals surface area contributed by atoms with Gasteiger partial charge in [-0.15, -0.1) is 0 Å². The zero-order chi connectivity index (χ0) is 18.1. The molecule has 3 aromatic rings. The topological polar surface area (TPSA) is 34.0 Å². The molecule has 0 radical (unpaired) electrons. The molecule has 1 saturated heterocycles. The van der Waals surface area contributed by atoms with E-state index in [2.05, 4.69) is 27.0 Å². The van der Waals surface area contributed by atoms with Crippen molar-refractivity contribution in [2.75, 3.05) is 13.1 Å². The molecule has 0 bridgehead atoms. The predicted molar refractivity (Wildman–Crippen MR) is 92.4 cm³/mol. The molecule has 26 heavy (non-hydrogen) atoms. The Labute approximate surface area is 149 Å². The lowest BCUT2D eigenvalue weighted by Gasteiger charge is -2.17. The third-order valence-corrected chi connectivity index (χ3v) is 4.82. The fourth-order valence-corrected chi connectivity index (χ4v) is 3.65. The molecular weight excluding hydrogens is 341 g/mol. The third kappa shape index (κ3) is 3.44. The van der Waals surface area contributed by atoms with Gasteiger partial charge in [0.15, 0.2) is 5.65 Å². The molecule has 0 aliphatic carbocycles. The lowest BCUT2D eigenvalue weighted by molar-refractivity contribution is -0.147. The molecule has 0 spiro atoms. The summed E-state index contributed by atoms with van der Waals surface area (Å²) in [5, 5.41) is 0. The van der Waals surface area contributed by atoms with Gasteiger partial charge in [0, 0.05) is 25.8 Å². The van der Waals surface area contributed by atoms with Crippen molar-refractivity contribution < 1.29 is 13.2 Å². The van der Waals surface area contributed by atoms with Crippen molar-refractivity contribution in [1.29, 1.82) is 0 Å². The Morgan fingerprint density at radius 3 is 2.65 bits per heavy atom. The number of alkyl halides is 3. The molecule has 1 aliphatic rings. The van der Waals surface area contributed by atoms with Gasteiger partial charge in [0.2, 0.25) is 5.82 Å². The Balaban J connectivity index is 1.53. The van der Waals surface area contributed by atoms with Gasteiger partial charge >= 0.3 is 6.18 Å². The minimum absolute atomic E-state index is 0.152. The first-order valence-electron chi connectivity index (χ1n) is 8.65. The molecule has 1 fully saturated rings. The summed E-state index contributed by atoms with van der Waals surface area (Å²) in [5.74, 6) is -0.702. The fraction of sp³-hybridized carbons (Fsp3) is 0.368. The maximum absolute atomic E-state index is 13.4. The minimum Gasteiger partial charge on any atom is -0.305 e. The number of likely N-dealkylation sites (tertiary alicyclic amines) is 1. The number of rotatable bonds is 4. The molecule has 7 heteroatoms. The van der Waals surface area contributed by atoms with Gasteiger partial charge in [-0.2, -0.15) is 13.2 Å². The zero-order valence-corrected chi connectivity index (χ0v) is 14.2. The summed E-state index contributed by atoms with van der Waals surface area (Å²) in [6.07, 6.45) is -2.10. The standard InChI is InChI=1S/C19H19F3N4/c20-19(21,22)18-24-16-7-4-9-23-17(16)26(18)13-15-8-10-25(12-15)11-14-5-2-1-3-6-14/h1-7,9,15H,8,10-13H2/t15-/m1/s1. The van der Waals surface area contributed by atoms with Gasteiger partial charge in [-0.25, -0.2) is 9.97 Å². The molecule has 1 aliphatic heterocycles. The Morgan fingerprint density at radius 2 is 1.88 bits per heavy atom. The molecule has 136 valence electrons. The Kier molecular flexibility index (Phi) is 4.40. The van der Waals surface area contributed by atoms with Crippen LogP contribution in [-0.4, -0.2) is 32.5 Å². The lowest BCUT2D eigenvalue weighted by atomic mass is 10.1. The van der Waals surface area contributed by atoms with Crippen molar-refractivity contribution >= 4 is 11.2 Å². The quantitative estimate of drug-likeness (QED) is 0.706. The average Bonchev–Trinajstić information content (AvgIpc) is 3.21. The number of hydrogen-bond acceptors (Lipinski definition) is 3. The van der Waals surface area contributed by atoms with Crippen molar-refractivity contribution in [1.82, 2.24) is 19.4 Å². The fourth-order valence-electron chi connectivity index (χ4n) is 3.65. The summed E-state index contributed by atoms with van der Waals surface area (Å²) in [5.41, 5.74) is 1.82. The summed E-state index contributed by atoms with van der Waals surface area (Å²) < 4.78 is 41.5. The van der Waals surface area contributed by atoms with Gasteiger partial charge in [-0.3, -0.25) is 4.90 Å². The summed E-state index contributed by atoms with van der Waals surface area (Å²) in [6.45, 7) is 2.78. The van der Waals surface area contributed by atoms with Crippen LogP contribution in [0.25, 0.3) is 11.2 Å². The maximum Gasteiger partial charge on any atom is 0.449 e. The van der Waals surface area contributed by atoms with Gasteiger partial charge in [-0.1, -0.05) is 30.3 Å². The summed E-state index contributed by atoms with van der Waals surface area (Å²) in [4.78, 5) is 10.2. The maximum atomic E-state index is 13.4. The molecule has 4 rings (SSSR count). The van der Waals surface area contributed by atoms with Crippen LogP contribution >= 0.6 is 0 Å². The van der Waals surface area contributed by atoms with Crippen molar-refractivity contribution in [3.8, 4) is 0 Å². The molecular formula is C19H19F3N4. The first kappa shape index (κ1) is 17.0. The molecule has 0 N–H and O–H groups in total. The van der Waals surface area contributed by atoms with Crippen molar-refractivity contribution in [2.45, 2.75) is 25.7 Å². The van der Waals surface area contributed by atoms with E-state index in [-0.39, 0.29) is 12.5 Å². The highest BCUT2D eigenvalue weighted by atomic mass is 19.4. The molecule has 0 saturated carbocycles. The Morgan fingerprint density at radius 1 is 1.08 bits per heavy atom. The normalized spacial score (nSPS) is 18.7. The number of pyridine rings is 1. The van der Waals surface area contributed by atoms with E-state index < -0.39 is 12.0 Å². The number of hydrogen-bond donors (Lipinski definition) is 0. The molecule has 0 unspecified atom stereocenters. The molecule has 0 amide bonds. The number of nitrogens with zero attached hydrogens (tertiary/aromatic N) is 4.